The van der Waals surface area contributed by atoms with Crippen LogP contribution in [-0.2, 0) is 0 Å². The Morgan fingerprint density at radius 2 is 1.12 bits per heavy atom. The Hall–Kier alpha value is 1.92. The van der Waals surface area contributed by atoms with Crippen LogP contribution in [0.4, 0.5) is 0 Å². The van der Waals surface area contributed by atoms with Crippen molar-refractivity contribution in [3.63, 3.8) is 0 Å². The Morgan fingerprint density at radius 1 is 1.00 bits per heavy atom. The molecule has 0 radical (unpaired) electrons. The van der Waals surface area contributed by atoms with E-state index in [0.29, 0.717) is 5.92 Å². The van der Waals surface area contributed by atoms with Crippen molar-refractivity contribution >= 4 is 63.7 Å². The van der Waals surface area contributed by atoms with E-state index in [1.807, 2.05) is 0 Å². The monoisotopic (exact) mass is 368 g/mol. The number of alkyl halides is 4. The van der Waals surface area contributed by atoms with Crippen LogP contribution >= 0.6 is 63.7 Å². The molecule has 0 saturated heterocycles. The molecule has 0 N–H and O–H groups in total. The standard InChI is InChI=1S/C4H4Br4/c1-2-3(5,6)4(2,7)8/h2H,1H3. The molecule has 0 aromatic carbocycles. The largest absolute Gasteiger partial charge is 0.111 e. The van der Waals surface area contributed by atoms with Gasteiger partial charge in [-0.05, 0) is 0 Å². The zero-order chi connectivity index (χ0) is 6.58. The van der Waals surface area contributed by atoms with E-state index in [2.05, 4.69) is 70.6 Å². The summed E-state index contributed by atoms with van der Waals surface area (Å²) in [5.74, 6) is 0.579. The molecule has 0 unspecified atom stereocenters. The van der Waals surface area contributed by atoms with Gasteiger partial charge in [-0.1, -0.05) is 70.6 Å². The molecule has 0 aliphatic heterocycles. The fourth-order valence-electron chi connectivity index (χ4n) is 0.493. The van der Waals surface area contributed by atoms with Gasteiger partial charge >= 0.3 is 0 Å². The third-order valence-electron chi connectivity index (χ3n) is 1.45. The van der Waals surface area contributed by atoms with Crippen LogP contribution in [0.25, 0.3) is 0 Å². The minimum Gasteiger partial charge on any atom is -0.0698 e. The molecule has 0 aromatic heterocycles. The molecule has 0 spiro atoms. The minimum absolute atomic E-state index is 0.0625. The average molecular weight is 372 g/mol. The maximum absolute atomic E-state index is 3.50. The van der Waals surface area contributed by atoms with E-state index in [4.69, 9.17) is 0 Å². The van der Waals surface area contributed by atoms with Crippen LogP contribution in [0.5, 0.6) is 0 Å². The van der Waals surface area contributed by atoms with Crippen molar-refractivity contribution in [2.75, 3.05) is 0 Å². The van der Waals surface area contributed by atoms with Crippen molar-refractivity contribution in [3.05, 3.63) is 0 Å². The molecule has 0 amide bonds. The molecule has 8 heavy (non-hydrogen) atoms. The number of rotatable bonds is 0. The molecule has 1 saturated carbocycles. The molecular weight excluding hydrogens is 368 g/mol. The van der Waals surface area contributed by atoms with Gasteiger partial charge in [0.25, 0.3) is 0 Å². The summed E-state index contributed by atoms with van der Waals surface area (Å²) in [4.78, 5) is 0. The highest BCUT2D eigenvalue weighted by Gasteiger charge is 2.70. The van der Waals surface area contributed by atoms with Gasteiger partial charge in [0, 0.05) is 5.92 Å². The van der Waals surface area contributed by atoms with Crippen LogP contribution in [0.2, 0.25) is 0 Å². The SMILES string of the molecule is CC1C(Br)(Br)C1(Br)Br. The van der Waals surface area contributed by atoms with Gasteiger partial charge in [0.15, 0.2) is 0 Å². The van der Waals surface area contributed by atoms with Crippen molar-refractivity contribution in [3.8, 4) is 0 Å². The normalized spacial score (nSPS) is 32.6. The van der Waals surface area contributed by atoms with Crippen molar-refractivity contribution < 1.29 is 0 Å². The van der Waals surface area contributed by atoms with Crippen LogP contribution in [-0.4, -0.2) is 6.47 Å². The van der Waals surface area contributed by atoms with E-state index >= 15 is 0 Å². The van der Waals surface area contributed by atoms with Crippen molar-refractivity contribution in [2.45, 2.75) is 13.4 Å². The second kappa shape index (κ2) is 1.95. The Bertz CT molecular complexity index is 103. The Kier molecular flexibility index (Phi) is 1.96. The predicted octanol–water partition coefficient (Wildman–Crippen LogP) is 3.61. The molecule has 1 fully saturated rings. The third kappa shape index (κ3) is 0.867. The molecule has 0 nitrogen and oxygen atoms in total. The highest BCUT2D eigenvalue weighted by Crippen LogP contribution is 2.72. The lowest BCUT2D eigenvalue weighted by molar-refractivity contribution is 0.978. The van der Waals surface area contributed by atoms with Crippen molar-refractivity contribution in [2.24, 2.45) is 5.92 Å². The van der Waals surface area contributed by atoms with E-state index in [0.717, 1.165) is 0 Å². The highest BCUT2D eigenvalue weighted by atomic mass is 79.9. The second-order valence-corrected chi connectivity index (χ2v) is 9.10. The molecule has 4 heteroatoms. The molecule has 0 atom stereocenters. The zero-order valence-corrected chi connectivity index (χ0v) is 10.4. The lowest BCUT2D eigenvalue weighted by atomic mass is 10.5. The maximum atomic E-state index is 3.50. The summed E-state index contributed by atoms with van der Waals surface area (Å²) in [6.45, 7) is 2.15. The zero-order valence-electron chi connectivity index (χ0n) is 4.09. The lowest BCUT2D eigenvalue weighted by Gasteiger charge is -1.95. The van der Waals surface area contributed by atoms with E-state index in [-0.39, 0.29) is 6.47 Å². The minimum atomic E-state index is 0.0625. The van der Waals surface area contributed by atoms with Crippen LogP contribution < -0.4 is 0 Å². The number of hydrogen-bond donors (Lipinski definition) is 0. The van der Waals surface area contributed by atoms with E-state index in [1.165, 1.54) is 0 Å². The van der Waals surface area contributed by atoms with Gasteiger partial charge in [0.05, 0.1) is 0 Å². The van der Waals surface area contributed by atoms with Crippen LogP contribution in [0.3, 0.4) is 0 Å². The van der Waals surface area contributed by atoms with Crippen LogP contribution in [0.15, 0.2) is 0 Å². The topological polar surface area (TPSA) is 0 Å². The number of hydrogen-bond acceptors (Lipinski definition) is 0. The summed E-state index contributed by atoms with van der Waals surface area (Å²) in [5.41, 5.74) is 0. The first-order valence-corrected chi connectivity index (χ1v) is 5.33. The van der Waals surface area contributed by atoms with Gasteiger partial charge in [0.1, 0.15) is 6.47 Å². The van der Waals surface area contributed by atoms with Gasteiger partial charge in [0.2, 0.25) is 0 Å². The summed E-state index contributed by atoms with van der Waals surface area (Å²) in [6, 6.07) is 0. The smallest absolute Gasteiger partial charge is 0.0698 e. The van der Waals surface area contributed by atoms with Gasteiger partial charge in [-0.3, -0.25) is 0 Å². The Labute approximate surface area is 82.3 Å². The fraction of sp³-hybridized carbons (Fsp3) is 1.00. The first-order chi connectivity index (χ1) is 3.40. The van der Waals surface area contributed by atoms with Crippen molar-refractivity contribution in [1.29, 1.82) is 0 Å². The first-order valence-electron chi connectivity index (χ1n) is 2.16. The van der Waals surface area contributed by atoms with E-state index in [9.17, 15) is 0 Å². The summed E-state index contributed by atoms with van der Waals surface area (Å²) in [5, 5.41) is 0. The second-order valence-electron chi connectivity index (χ2n) is 1.97. The van der Waals surface area contributed by atoms with Gasteiger partial charge < -0.3 is 0 Å². The summed E-state index contributed by atoms with van der Waals surface area (Å²) in [6.07, 6.45) is 0. The quantitative estimate of drug-likeness (QED) is 0.571. The van der Waals surface area contributed by atoms with Gasteiger partial charge in [-0.2, -0.15) is 0 Å². The fourth-order valence-corrected chi connectivity index (χ4v) is 4.01. The summed E-state index contributed by atoms with van der Waals surface area (Å²) < 4.78 is 0.125. The first kappa shape index (κ1) is 8.02. The maximum Gasteiger partial charge on any atom is 0.111 e. The van der Waals surface area contributed by atoms with E-state index < -0.39 is 0 Å². The number of halogens is 4. The van der Waals surface area contributed by atoms with Crippen molar-refractivity contribution in [1.82, 2.24) is 0 Å². The van der Waals surface area contributed by atoms with Gasteiger partial charge in [-0.25, -0.2) is 0 Å². The average Bonchev–Trinajstić information content (AvgIpc) is 1.88. The third-order valence-corrected chi connectivity index (χ3v) is 8.83. The summed E-state index contributed by atoms with van der Waals surface area (Å²) in [7, 11) is 0. The molecule has 48 valence electrons. The molecule has 1 aliphatic carbocycles. The molecule has 0 aromatic rings. The molecule has 1 aliphatic rings. The highest BCUT2D eigenvalue weighted by molar-refractivity contribution is 9.31. The lowest BCUT2D eigenvalue weighted by Crippen LogP contribution is -1.93. The molecular formula is C4H4Br4. The predicted molar refractivity (Wildman–Crippen MR) is 50.3 cm³/mol. The summed E-state index contributed by atoms with van der Waals surface area (Å²) >= 11 is 14.0. The van der Waals surface area contributed by atoms with Crippen LogP contribution in [0.1, 0.15) is 6.92 Å². The van der Waals surface area contributed by atoms with E-state index in [1.54, 1.807) is 0 Å². The van der Waals surface area contributed by atoms with Gasteiger partial charge in [-0.15, -0.1) is 0 Å². The molecule has 0 bridgehead atoms. The Morgan fingerprint density at radius 3 is 1.12 bits per heavy atom. The Balaban J connectivity index is 2.72. The molecule has 1 rings (SSSR count). The van der Waals surface area contributed by atoms with Crippen LogP contribution in [0, 0.1) is 5.92 Å². The molecule has 0 heterocycles.